The zero-order chi connectivity index (χ0) is 9.42. The second kappa shape index (κ2) is 3.39. The van der Waals surface area contributed by atoms with E-state index in [2.05, 4.69) is 23.8 Å². The number of hydrogen-bond donors (Lipinski definition) is 0. The van der Waals surface area contributed by atoms with Crippen LogP contribution in [0.15, 0.2) is 10.5 Å². The predicted molar refractivity (Wildman–Crippen MR) is 57.0 cm³/mol. The lowest BCUT2D eigenvalue weighted by molar-refractivity contribution is 0.601. The van der Waals surface area contributed by atoms with E-state index in [-0.39, 0.29) is 0 Å². The molecule has 2 rings (SSSR count). The van der Waals surface area contributed by atoms with Gasteiger partial charge in [-0.25, -0.2) is 4.98 Å². The van der Waals surface area contributed by atoms with Crippen LogP contribution in [-0.2, 0) is 0 Å². The van der Waals surface area contributed by atoms with Crippen LogP contribution < -0.4 is 0 Å². The lowest BCUT2D eigenvalue weighted by Gasteiger charge is -2.08. The van der Waals surface area contributed by atoms with Gasteiger partial charge in [-0.2, -0.15) is 0 Å². The van der Waals surface area contributed by atoms with Gasteiger partial charge in [0, 0.05) is 10.9 Å². The molecule has 0 bridgehead atoms. The van der Waals surface area contributed by atoms with Gasteiger partial charge in [-0.05, 0) is 19.3 Å². The predicted octanol–water partition coefficient (Wildman–Crippen LogP) is 3.02. The zero-order valence-electron chi connectivity index (χ0n) is 7.62. The second-order valence-electron chi connectivity index (χ2n) is 3.47. The number of fused-ring (bicyclic) bond motifs is 1. The standard InChI is InChI=1S/C9H11ClN2S/c1-5-3-6(2)12-9(10)7-8(5)13-4-11-7/h4-6H,3H2,1-2H3. The third-order valence-electron chi connectivity index (χ3n) is 2.27. The summed E-state index contributed by atoms with van der Waals surface area (Å²) in [5, 5.41) is 0.577. The summed E-state index contributed by atoms with van der Waals surface area (Å²) in [4.78, 5) is 9.88. The smallest absolute Gasteiger partial charge is 0.150 e. The summed E-state index contributed by atoms with van der Waals surface area (Å²) in [7, 11) is 0. The van der Waals surface area contributed by atoms with Gasteiger partial charge in [0.15, 0.2) is 5.17 Å². The number of rotatable bonds is 0. The fourth-order valence-corrected chi connectivity index (χ4v) is 2.92. The van der Waals surface area contributed by atoms with Gasteiger partial charge >= 0.3 is 0 Å². The van der Waals surface area contributed by atoms with E-state index in [1.54, 1.807) is 11.3 Å². The van der Waals surface area contributed by atoms with Crippen LogP contribution in [-0.4, -0.2) is 16.2 Å². The summed E-state index contributed by atoms with van der Waals surface area (Å²) in [6, 6.07) is 0.309. The Bertz CT molecular complexity index is 345. The molecule has 4 heteroatoms. The van der Waals surface area contributed by atoms with Crippen LogP contribution in [0.25, 0.3) is 0 Å². The third-order valence-corrected chi connectivity index (χ3v) is 3.60. The van der Waals surface area contributed by atoms with Gasteiger partial charge in [0.2, 0.25) is 0 Å². The molecule has 70 valence electrons. The summed E-state index contributed by atoms with van der Waals surface area (Å²) >= 11 is 7.72. The molecule has 1 aliphatic heterocycles. The van der Waals surface area contributed by atoms with Gasteiger partial charge in [0.05, 0.1) is 5.51 Å². The molecule has 1 aromatic rings. The molecule has 0 saturated carbocycles. The van der Waals surface area contributed by atoms with Crippen LogP contribution in [0.3, 0.4) is 0 Å². The second-order valence-corrected chi connectivity index (χ2v) is 4.72. The molecule has 0 N–H and O–H groups in total. The first kappa shape index (κ1) is 9.16. The SMILES string of the molecule is CC1CC(C)c2scnc2C(Cl)=N1. The number of thiazole rings is 1. The minimum Gasteiger partial charge on any atom is -0.268 e. The molecule has 0 fully saturated rings. The van der Waals surface area contributed by atoms with Crippen molar-refractivity contribution in [2.75, 3.05) is 0 Å². The van der Waals surface area contributed by atoms with E-state index in [0.29, 0.717) is 17.1 Å². The van der Waals surface area contributed by atoms with Gasteiger partial charge in [-0.15, -0.1) is 11.3 Å². The molecule has 2 nitrogen and oxygen atoms in total. The molecule has 0 aliphatic carbocycles. The number of hydrogen-bond acceptors (Lipinski definition) is 3. The Morgan fingerprint density at radius 3 is 3.08 bits per heavy atom. The van der Waals surface area contributed by atoms with E-state index in [9.17, 15) is 0 Å². The summed E-state index contributed by atoms with van der Waals surface area (Å²) in [5.41, 5.74) is 2.73. The molecule has 1 aromatic heterocycles. The van der Waals surface area contributed by atoms with Crippen molar-refractivity contribution >= 4 is 28.1 Å². The first-order valence-electron chi connectivity index (χ1n) is 4.35. The Kier molecular flexibility index (Phi) is 2.39. The van der Waals surface area contributed by atoms with Crippen LogP contribution in [0, 0.1) is 0 Å². The van der Waals surface area contributed by atoms with Crippen molar-refractivity contribution in [2.24, 2.45) is 4.99 Å². The molecule has 13 heavy (non-hydrogen) atoms. The largest absolute Gasteiger partial charge is 0.268 e. The molecular weight excluding hydrogens is 204 g/mol. The van der Waals surface area contributed by atoms with Crippen LogP contribution in [0.4, 0.5) is 0 Å². The molecule has 0 aromatic carbocycles. The van der Waals surface area contributed by atoms with Crippen molar-refractivity contribution in [3.63, 3.8) is 0 Å². The maximum atomic E-state index is 6.05. The highest BCUT2D eigenvalue weighted by molar-refractivity contribution is 7.10. The lowest BCUT2D eigenvalue weighted by Crippen LogP contribution is -2.01. The highest BCUT2D eigenvalue weighted by Crippen LogP contribution is 2.32. The highest BCUT2D eigenvalue weighted by atomic mass is 35.5. The zero-order valence-corrected chi connectivity index (χ0v) is 9.19. The van der Waals surface area contributed by atoms with Crippen molar-refractivity contribution < 1.29 is 0 Å². The molecular formula is C9H11ClN2S. The molecule has 2 unspecified atom stereocenters. The topological polar surface area (TPSA) is 25.2 Å². The van der Waals surface area contributed by atoms with Crippen molar-refractivity contribution in [1.29, 1.82) is 0 Å². The Labute approximate surface area is 86.7 Å². The number of aliphatic imine (C=N–C) groups is 1. The monoisotopic (exact) mass is 214 g/mol. The van der Waals surface area contributed by atoms with Crippen molar-refractivity contribution in [1.82, 2.24) is 4.98 Å². The molecule has 0 amide bonds. The Balaban J connectivity index is 2.49. The molecule has 0 saturated heterocycles. The molecule has 2 atom stereocenters. The number of aromatic nitrogens is 1. The fourth-order valence-electron chi connectivity index (χ4n) is 1.69. The third kappa shape index (κ3) is 1.63. The summed E-state index contributed by atoms with van der Waals surface area (Å²) in [5.74, 6) is 0.525. The lowest BCUT2D eigenvalue weighted by atomic mass is 10.0. The minimum atomic E-state index is 0.309. The van der Waals surface area contributed by atoms with Crippen LogP contribution in [0.1, 0.15) is 36.8 Å². The van der Waals surface area contributed by atoms with Crippen LogP contribution >= 0.6 is 22.9 Å². The maximum Gasteiger partial charge on any atom is 0.150 e. The first-order chi connectivity index (χ1) is 6.18. The van der Waals surface area contributed by atoms with E-state index >= 15 is 0 Å². The van der Waals surface area contributed by atoms with Gasteiger partial charge in [0.25, 0.3) is 0 Å². The maximum absolute atomic E-state index is 6.05. The van der Waals surface area contributed by atoms with Gasteiger partial charge < -0.3 is 0 Å². The summed E-state index contributed by atoms with van der Waals surface area (Å²) < 4.78 is 0. The van der Waals surface area contributed by atoms with E-state index in [1.807, 2.05) is 5.51 Å². The number of nitrogens with zero attached hydrogens (tertiary/aromatic N) is 2. The number of halogens is 1. The first-order valence-corrected chi connectivity index (χ1v) is 5.61. The van der Waals surface area contributed by atoms with Crippen molar-refractivity contribution in [3.8, 4) is 0 Å². The molecule has 0 spiro atoms. The molecule has 1 aliphatic rings. The Hall–Kier alpha value is -0.410. The van der Waals surface area contributed by atoms with E-state index < -0.39 is 0 Å². The van der Waals surface area contributed by atoms with Crippen LogP contribution in [0.2, 0.25) is 0 Å². The Morgan fingerprint density at radius 2 is 2.31 bits per heavy atom. The van der Waals surface area contributed by atoms with Gasteiger partial charge in [-0.1, -0.05) is 18.5 Å². The normalized spacial score (nSPS) is 27.8. The summed E-state index contributed by atoms with van der Waals surface area (Å²) in [6.07, 6.45) is 1.06. The van der Waals surface area contributed by atoms with E-state index in [4.69, 9.17) is 11.6 Å². The molecule has 0 radical (unpaired) electrons. The van der Waals surface area contributed by atoms with Crippen LogP contribution in [0.5, 0.6) is 0 Å². The average Bonchev–Trinajstić information content (AvgIpc) is 2.47. The average molecular weight is 215 g/mol. The molecule has 2 heterocycles. The fraction of sp³-hybridized carbons (Fsp3) is 0.556. The van der Waals surface area contributed by atoms with Gasteiger partial charge in [0.1, 0.15) is 5.69 Å². The van der Waals surface area contributed by atoms with Crippen molar-refractivity contribution in [3.05, 3.63) is 16.1 Å². The van der Waals surface area contributed by atoms with Crippen molar-refractivity contribution in [2.45, 2.75) is 32.2 Å². The quantitative estimate of drug-likeness (QED) is 0.652. The highest BCUT2D eigenvalue weighted by Gasteiger charge is 2.22. The van der Waals surface area contributed by atoms with Gasteiger partial charge in [-0.3, -0.25) is 4.99 Å². The van der Waals surface area contributed by atoms with E-state index in [0.717, 1.165) is 12.1 Å². The Morgan fingerprint density at radius 1 is 1.54 bits per heavy atom. The summed E-state index contributed by atoms with van der Waals surface area (Å²) in [6.45, 7) is 4.30. The minimum absolute atomic E-state index is 0.309. The van der Waals surface area contributed by atoms with E-state index in [1.165, 1.54) is 4.88 Å².